The van der Waals surface area contributed by atoms with Crippen LogP contribution in [0.4, 0.5) is 0 Å². The molecule has 0 aromatic heterocycles. The predicted molar refractivity (Wildman–Crippen MR) is 48.5 cm³/mol. The van der Waals surface area contributed by atoms with Gasteiger partial charge < -0.3 is 5.73 Å². The molecule has 1 fully saturated rings. The second kappa shape index (κ2) is 3.88. The Morgan fingerprint density at radius 1 is 1.73 bits per heavy atom. The Labute approximate surface area is 69.1 Å². The van der Waals surface area contributed by atoms with Crippen LogP contribution in [0.25, 0.3) is 0 Å². The van der Waals surface area contributed by atoms with Crippen LogP contribution in [0.5, 0.6) is 0 Å². The molecule has 1 rings (SSSR count). The maximum absolute atomic E-state index is 5.63. The quantitative estimate of drug-likeness (QED) is 0.614. The number of rotatable bonds is 3. The van der Waals surface area contributed by atoms with Gasteiger partial charge in [0, 0.05) is 19.1 Å². The Bertz CT molecular complexity index is 142. The molecule has 0 radical (unpaired) electrons. The molecule has 0 spiro atoms. The van der Waals surface area contributed by atoms with E-state index in [1.54, 1.807) is 0 Å². The first-order valence-corrected chi connectivity index (χ1v) is 4.32. The first-order valence-electron chi connectivity index (χ1n) is 4.32. The van der Waals surface area contributed by atoms with Gasteiger partial charge >= 0.3 is 0 Å². The van der Waals surface area contributed by atoms with Crippen LogP contribution in [-0.4, -0.2) is 30.6 Å². The predicted octanol–water partition coefficient (Wildman–Crippen LogP) is 0.986. The van der Waals surface area contributed by atoms with E-state index in [4.69, 9.17) is 5.73 Å². The number of nitrogens with zero attached hydrogens (tertiary/aromatic N) is 1. The SMILES string of the molecule is C=C(C)CN1CCC[C@@H]1CN. The van der Waals surface area contributed by atoms with Crippen molar-refractivity contribution in [3.8, 4) is 0 Å². The van der Waals surface area contributed by atoms with Gasteiger partial charge in [0.1, 0.15) is 0 Å². The van der Waals surface area contributed by atoms with Crippen molar-refractivity contribution in [1.82, 2.24) is 4.90 Å². The molecule has 0 amide bonds. The summed E-state index contributed by atoms with van der Waals surface area (Å²) in [7, 11) is 0. The topological polar surface area (TPSA) is 29.3 Å². The van der Waals surface area contributed by atoms with Gasteiger partial charge in [0.15, 0.2) is 0 Å². The third kappa shape index (κ3) is 2.31. The zero-order valence-electron chi connectivity index (χ0n) is 7.34. The molecule has 0 aliphatic carbocycles. The number of likely N-dealkylation sites (tertiary alicyclic amines) is 1. The van der Waals surface area contributed by atoms with E-state index in [-0.39, 0.29) is 0 Å². The molecular formula is C9H18N2. The Balaban J connectivity index is 2.37. The van der Waals surface area contributed by atoms with Gasteiger partial charge in [-0.25, -0.2) is 0 Å². The summed E-state index contributed by atoms with van der Waals surface area (Å²) in [5.74, 6) is 0. The van der Waals surface area contributed by atoms with Crippen LogP contribution in [0, 0.1) is 0 Å². The normalized spacial score (nSPS) is 25.8. The molecule has 1 aliphatic heterocycles. The summed E-state index contributed by atoms with van der Waals surface area (Å²) in [5.41, 5.74) is 6.87. The van der Waals surface area contributed by atoms with Crippen LogP contribution in [0.3, 0.4) is 0 Å². The van der Waals surface area contributed by atoms with Crippen molar-refractivity contribution < 1.29 is 0 Å². The highest BCUT2D eigenvalue weighted by Crippen LogP contribution is 2.16. The van der Waals surface area contributed by atoms with Gasteiger partial charge in [0.2, 0.25) is 0 Å². The number of hydrogen-bond acceptors (Lipinski definition) is 2. The number of hydrogen-bond donors (Lipinski definition) is 1. The molecule has 11 heavy (non-hydrogen) atoms. The first kappa shape index (κ1) is 8.75. The van der Waals surface area contributed by atoms with E-state index in [9.17, 15) is 0 Å². The molecule has 1 atom stereocenters. The van der Waals surface area contributed by atoms with Crippen molar-refractivity contribution in [2.75, 3.05) is 19.6 Å². The minimum atomic E-state index is 0.617. The Morgan fingerprint density at radius 2 is 2.45 bits per heavy atom. The molecule has 1 heterocycles. The van der Waals surface area contributed by atoms with Crippen molar-refractivity contribution in [3.05, 3.63) is 12.2 Å². The third-order valence-corrected chi connectivity index (χ3v) is 2.24. The smallest absolute Gasteiger partial charge is 0.0222 e. The van der Waals surface area contributed by atoms with E-state index in [0.717, 1.165) is 13.1 Å². The van der Waals surface area contributed by atoms with Crippen molar-refractivity contribution in [3.63, 3.8) is 0 Å². The molecule has 2 nitrogen and oxygen atoms in total. The van der Waals surface area contributed by atoms with E-state index in [2.05, 4.69) is 18.4 Å². The molecule has 2 heteroatoms. The highest BCUT2D eigenvalue weighted by Gasteiger charge is 2.22. The van der Waals surface area contributed by atoms with Crippen LogP contribution in [0.1, 0.15) is 19.8 Å². The summed E-state index contributed by atoms with van der Waals surface area (Å²) in [4.78, 5) is 2.43. The van der Waals surface area contributed by atoms with Gasteiger partial charge in [0.25, 0.3) is 0 Å². The van der Waals surface area contributed by atoms with E-state index >= 15 is 0 Å². The van der Waals surface area contributed by atoms with Gasteiger partial charge in [-0.2, -0.15) is 0 Å². The summed E-state index contributed by atoms with van der Waals surface area (Å²) in [6.45, 7) is 9.01. The Morgan fingerprint density at radius 3 is 3.00 bits per heavy atom. The van der Waals surface area contributed by atoms with Crippen LogP contribution in [0.15, 0.2) is 12.2 Å². The van der Waals surface area contributed by atoms with Crippen LogP contribution < -0.4 is 5.73 Å². The van der Waals surface area contributed by atoms with Gasteiger partial charge in [-0.05, 0) is 26.3 Å². The zero-order chi connectivity index (χ0) is 8.27. The first-order chi connectivity index (χ1) is 5.24. The van der Waals surface area contributed by atoms with Gasteiger partial charge in [-0.15, -0.1) is 0 Å². The fraction of sp³-hybridized carbons (Fsp3) is 0.778. The molecule has 1 aliphatic rings. The van der Waals surface area contributed by atoms with Crippen LogP contribution in [0.2, 0.25) is 0 Å². The standard InChI is InChI=1S/C9H18N2/c1-8(2)7-11-5-3-4-9(11)6-10/h9H,1,3-7,10H2,2H3/t9-/m1/s1. The highest BCUT2D eigenvalue weighted by atomic mass is 15.2. The second-order valence-corrected chi connectivity index (χ2v) is 3.46. The summed E-state index contributed by atoms with van der Waals surface area (Å²) in [6.07, 6.45) is 2.57. The fourth-order valence-corrected chi connectivity index (χ4v) is 1.72. The van der Waals surface area contributed by atoms with Crippen molar-refractivity contribution in [1.29, 1.82) is 0 Å². The lowest BCUT2D eigenvalue weighted by molar-refractivity contribution is 0.280. The largest absolute Gasteiger partial charge is 0.329 e. The second-order valence-electron chi connectivity index (χ2n) is 3.46. The fourth-order valence-electron chi connectivity index (χ4n) is 1.72. The summed E-state index contributed by atoms with van der Waals surface area (Å²) in [6, 6.07) is 0.617. The summed E-state index contributed by atoms with van der Waals surface area (Å²) in [5, 5.41) is 0. The van der Waals surface area contributed by atoms with Gasteiger partial charge in [0.05, 0.1) is 0 Å². The summed E-state index contributed by atoms with van der Waals surface area (Å²) >= 11 is 0. The van der Waals surface area contributed by atoms with E-state index in [1.807, 2.05) is 0 Å². The minimum absolute atomic E-state index is 0.617. The van der Waals surface area contributed by atoms with Gasteiger partial charge in [-0.3, -0.25) is 4.90 Å². The van der Waals surface area contributed by atoms with E-state index < -0.39 is 0 Å². The number of nitrogens with two attached hydrogens (primary N) is 1. The van der Waals surface area contributed by atoms with Crippen LogP contribution >= 0.6 is 0 Å². The molecule has 0 bridgehead atoms. The lowest BCUT2D eigenvalue weighted by atomic mass is 10.2. The van der Waals surface area contributed by atoms with Gasteiger partial charge in [-0.1, -0.05) is 12.2 Å². The molecule has 0 saturated carbocycles. The lowest BCUT2D eigenvalue weighted by Crippen LogP contribution is -2.36. The zero-order valence-corrected chi connectivity index (χ0v) is 7.34. The van der Waals surface area contributed by atoms with Crippen molar-refractivity contribution in [2.24, 2.45) is 5.73 Å². The Kier molecular flexibility index (Phi) is 3.09. The molecule has 64 valence electrons. The maximum Gasteiger partial charge on any atom is 0.0222 e. The molecule has 2 N–H and O–H groups in total. The molecule has 0 unspecified atom stereocenters. The third-order valence-electron chi connectivity index (χ3n) is 2.24. The van der Waals surface area contributed by atoms with E-state index in [1.165, 1.54) is 25.0 Å². The minimum Gasteiger partial charge on any atom is -0.329 e. The van der Waals surface area contributed by atoms with Crippen LogP contribution in [-0.2, 0) is 0 Å². The Hall–Kier alpha value is -0.340. The molecule has 0 aromatic carbocycles. The average Bonchev–Trinajstić information content (AvgIpc) is 2.34. The molecule has 0 aromatic rings. The lowest BCUT2D eigenvalue weighted by Gasteiger charge is -2.22. The monoisotopic (exact) mass is 154 g/mol. The van der Waals surface area contributed by atoms with Crippen molar-refractivity contribution in [2.45, 2.75) is 25.8 Å². The highest BCUT2D eigenvalue weighted by molar-refractivity contribution is 4.95. The van der Waals surface area contributed by atoms with Crippen molar-refractivity contribution >= 4 is 0 Å². The molecular weight excluding hydrogens is 136 g/mol. The average molecular weight is 154 g/mol. The van der Waals surface area contributed by atoms with E-state index in [0.29, 0.717) is 6.04 Å². The maximum atomic E-state index is 5.63. The summed E-state index contributed by atoms with van der Waals surface area (Å²) < 4.78 is 0. The molecule has 1 saturated heterocycles.